The third-order valence-electron chi connectivity index (χ3n) is 5.54. The smallest absolute Gasteiger partial charge is 0.338 e. The van der Waals surface area contributed by atoms with E-state index < -0.39 is 28.5 Å². The molecule has 1 heterocycles. The van der Waals surface area contributed by atoms with Crippen LogP contribution in [-0.2, 0) is 39.1 Å². The van der Waals surface area contributed by atoms with Gasteiger partial charge in [0.25, 0.3) is 5.91 Å². The molecule has 3 aromatic rings. The number of fused-ring (bicyclic) bond motifs is 1. The van der Waals surface area contributed by atoms with E-state index in [9.17, 15) is 22.4 Å². The Morgan fingerprint density at radius 1 is 0.971 bits per heavy atom. The summed E-state index contributed by atoms with van der Waals surface area (Å²) in [5, 5.41) is 2.57. The third kappa shape index (κ3) is 5.49. The van der Waals surface area contributed by atoms with Crippen LogP contribution in [0.25, 0.3) is 0 Å². The lowest BCUT2D eigenvalue weighted by Gasteiger charge is -2.28. The van der Waals surface area contributed by atoms with Crippen LogP contribution in [0.15, 0.2) is 77.7 Å². The molecule has 0 radical (unpaired) electrons. The minimum absolute atomic E-state index is 0.0120. The fourth-order valence-corrected chi connectivity index (χ4v) is 5.14. The lowest BCUT2D eigenvalue weighted by Crippen LogP contribution is -2.36. The van der Waals surface area contributed by atoms with E-state index in [0.717, 1.165) is 11.1 Å². The predicted octanol–water partition coefficient (Wildman–Crippen LogP) is 3.05. The molecule has 0 saturated carbocycles. The molecule has 1 aliphatic rings. The molecule has 0 aromatic heterocycles. The van der Waals surface area contributed by atoms with E-state index in [1.54, 1.807) is 0 Å². The SMILES string of the molecule is O=C(COC(=O)c1cccc(S(=O)(=O)N2CCc3ccccc3C2)c1)NCc1ccc(F)cc1. The Labute approximate surface area is 197 Å². The Bertz CT molecular complexity index is 1310. The molecule has 0 saturated heterocycles. The Morgan fingerprint density at radius 2 is 1.71 bits per heavy atom. The van der Waals surface area contributed by atoms with Crippen molar-refractivity contribution in [1.29, 1.82) is 0 Å². The van der Waals surface area contributed by atoms with Gasteiger partial charge in [0.2, 0.25) is 10.0 Å². The number of halogens is 1. The molecule has 0 fully saturated rings. The summed E-state index contributed by atoms with van der Waals surface area (Å²) >= 11 is 0. The standard InChI is InChI=1S/C25H23FN2O5S/c26-22-10-8-18(9-11-22)15-27-24(29)17-33-25(30)20-6-3-7-23(14-20)34(31,32)28-13-12-19-4-1-2-5-21(19)16-28/h1-11,14H,12-13,15-17H2,(H,27,29). The number of hydrogen-bond acceptors (Lipinski definition) is 5. The van der Waals surface area contributed by atoms with Gasteiger partial charge in [-0.15, -0.1) is 0 Å². The molecule has 0 unspecified atom stereocenters. The largest absolute Gasteiger partial charge is 0.452 e. The van der Waals surface area contributed by atoms with Crippen LogP contribution in [0.2, 0.25) is 0 Å². The zero-order valence-electron chi connectivity index (χ0n) is 18.2. The minimum Gasteiger partial charge on any atom is -0.452 e. The highest BCUT2D eigenvalue weighted by molar-refractivity contribution is 7.89. The van der Waals surface area contributed by atoms with Crippen LogP contribution in [0.4, 0.5) is 4.39 Å². The second-order valence-electron chi connectivity index (χ2n) is 7.86. The van der Waals surface area contributed by atoms with Crippen molar-refractivity contribution in [3.8, 4) is 0 Å². The molecule has 0 spiro atoms. The van der Waals surface area contributed by atoms with Crippen molar-refractivity contribution < 1.29 is 27.1 Å². The summed E-state index contributed by atoms with van der Waals surface area (Å²) in [6, 6.07) is 18.9. The molecule has 1 amide bonds. The number of carbonyl (C=O) groups is 2. The first-order chi connectivity index (χ1) is 16.3. The highest BCUT2D eigenvalue weighted by Crippen LogP contribution is 2.25. The van der Waals surface area contributed by atoms with Crippen LogP contribution in [-0.4, -0.2) is 37.8 Å². The molecule has 176 valence electrons. The van der Waals surface area contributed by atoms with Crippen molar-refractivity contribution in [2.45, 2.75) is 24.4 Å². The topological polar surface area (TPSA) is 92.8 Å². The van der Waals surface area contributed by atoms with Crippen LogP contribution < -0.4 is 5.32 Å². The first-order valence-corrected chi connectivity index (χ1v) is 12.1. The van der Waals surface area contributed by atoms with Gasteiger partial charge in [-0.05, 0) is 53.4 Å². The number of rotatable bonds is 7. The van der Waals surface area contributed by atoms with Crippen molar-refractivity contribution >= 4 is 21.9 Å². The Kier molecular flexibility index (Phi) is 7.04. The Morgan fingerprint density at radius 3 is 2.47 bits per heavy atom. The molecule has 0 aliphatic carbocycles. The van der Waals surface area contributed by atoms with E-state index in [1.165, 1.54) is 52.8 Å². The summed E-state index contributed by atoms with van der Waals surface area (Å²) in [4.78, 5) is 24.4. The van der Waals surface area contributed by atoms with Gasteiger partial charge in [-0.1, -0.05) is 42.5 Å². The first-order valence-electron chi connectivity index (χ1n) is 10.7. The number of amides is 1. The summed E-state index contributed by atoms with van der Waals surface area (Å²) in [6.45, 7) is 0.243. The second kappa shape index (κ2) is 10.1. The monoisotopic (exact) mass is 482 g/mol. The van der Waals surface area contributed by atoms with Crippen molar-refractivity contribution in [3.05, 3.63) is 101 Å². The number of sulfonamides is 1. The summed E-state index contributed by atoms with van der Waals surface area (Å²) in [7, 11) is -3.81. The lowest BCUT2D eigenvalue weighted by molar-refractivity contribution is -0.124. The van der Waals surface area contributed by atoms with Crippen LogP contribution in [0.3, 0.4) is 0 Å². The first kappa shape index (κ1) is 23.6. The van der Waals surface area contributed by atoms with Gasteiger partial charge in [-0.3, -0.25) is 4.79 Å². The highest BCUT2D eigenvalue weighted by Gasteiger charge is 2.28. The van der Waals surface area contributed by atoms with Gasteiger partial charge in [0.1, 0.15) is 5.82 Å². The highest BCUT2D eigenvalue weighted by atomic mass is 32.2. The fraction of sp³-hybridized carbons (Fsp3) is 0.200. The zero-order chi connectivity index (χ0) is 24.1. The van der Waals surface area contributed by atoms with Gasteiger partial charge < -0.3 is 10.1 Å². The van der Waals surface area contributed by atoms with Crippen LogP contribution in [0.1, 0.15) is 27.0 Å². The van der Waals surface area contributed by atoms with E-state index in [0.29, 0.717) is 18.5 Å². The lowest BCUT2D eigenvalue weighted by atomic mass is 10.0. The molecule has 0 atom stereocenters. The van der Waals surface area contributed by atoms with Crippen LogP contribution >= 0.6 is 0 Å². The molecule has 1 N–H and O–H groups in total. The van der Waals surface area contributed by atoms with Crippen molar-refractivity contribution in [1.82, 2.24) is 9.62 Å². The molecular weight excluding hydrogens is 459 g/mol. The van der Waals surface area contributed by atoms with Gasteiger partial charge in [-0.2, -0.15) is 4.31 Å². The second-order valence-corrected chi connectivity index (χ2v) is 9.80. The molecule has 3 aromatic carbocycles. The molecular formula is C25H23FN2O5S. The predicted molar refractivity (Wildman–Crippen MR) is 123 cm³/mol. The third-order valence-corrected chi connectivity index (χ3v) is 7.38. The quantitative estimate of drug-likeness (QED) is 0.523. The van der Waals surface area contributed by atoms with E-state index in [2.05, 4.69) is 5.32 Å². The van der Waals surface area contributed by atoms with E-state index in [4.69, 9.17) is 4.74 Å². The molecule has 34 heavy (non-hydrogen) atoms. The maximum Gasteiger partial charge on any atom is 0.338 e. The average Bonchev–Trinajstić information content (AvgIpc) is 2.86. The van der Waals surface area contributed by atoms with Crippen molar-refractivity contribution in [2.24, 2.45) is 0 Å². The maximum atomic E-state index is 13.2. The Hall–Kier alpha value is -3.56. The number of esters is 1. The molecule has 4 rings (SSSR count). The van der Waals surface area contributed by atoms with Crippen LogP contribution in [0.5, 0.6) is 0 Å². The summed E-state index contributed by atoms with van der Waals surface area (Å²) in [5.74, 6) is -1.72. The number of nitrogens with one attached hydrogen (secondary N) is 1. The fourth-order valence-electron chi connectivity index (χ4n) is 3.68. The van der Waals surface area contributed by atoms with Gasteiger partial charge >= 0.3 is 5.97 Å². The summed E-state index contributed by atoms with van der Waals surface area (Å²) in [6.07, 6.45) is 0.615. The summed E-state index contributed by atoms with van der Waals surface area (Å²) < 4.78 is 45.7. The Balaban J connectivity index is 1.36. The average molecular weight is 483 g/mol. The number of benzene rings is 3. The normalized spacial score (nSPS) is 13.7. The molecule has 0 bridgehead atoms. The summed E-state index contributed by atoms with van der Waals surface area (Å²) in [5.41, 5.74) is 2.81. The van der Waals surface area contributed by atoms with E-state index in [-0.39, 0.29) is 29.4 Å². The van der Waals surface area contributed by atoms with Gasteiger partial charge in [-0.25, -0.2) is 17.6 Å². The number of nitrogens with zero attached hydrogens (tertiary/aromatic N) is 1. The minimum atomic E-state index is -3.81. The van der Waals surface area contributed by atoms with E-state index >= 15 is 0 Å². The van der Waals surface area contributed by atoms with Gasteiger partial charge in [0.15, 0.2) is 6.61 Å². The number of hydrogen-bond donors (Lipinski definition) is 1. The van der Waals surface area contributed by atoms with Gasteiger partial charge in [0, 0.05) is 19.6 Å². The van der Waals surface area contributed by atoms with Crippen molar-refractivity contribution in [2.75, 3.05) is 13.2 Å². The molecule has 9 heteroatoms. The number of carbonyl (C=O) groups excluding carboxylic acids is 2. The maximum absolute atomic E-state index is 13.2. The van der Waals surface area contributed by atoms with Gasteiger partial charge in [0.05, 0.1) is 10.5 Å². The van der Waals surface area contributed by atoms with E-state index in [1.807, 2.05) is 24.3 Å². The molecule has 1 aliphatic heterocycles. The van der Waals surface area contributed by atoms with Crippen LogP contribution in [0, 0.1) is 5.82 Å². The molecule has 7 nitrogen and oxygen atoms in total. The zero-order valence-corrected chi connectivity index (χ0v) is 19.1. The number of ether oxygens (including phenoxy) is 1. The van der Waals surface area contributed by atoms with Crippen molar-refractivity contribution in [3.63, 3.8) is 0 Å².